The number of alkyl carbamates (subject to hydrolysis) is 1. The van der Waals surface area contributed by atoms with Crippen molar-refractivity contribution in [1.29, 1.82) is 0 Å². The molecule has 3 N–H and O–H groups in total. The van der Waals surface area contributed by atoms with Crippen LogP contribution < -0.4 is 16.0 Å². The number of carbonyl (C=O) groups excluding carboxylic acids is 2. The average Bonchev–Trinajstić information content (AvgIpc) is 2.52. The number of halogens is 2. The van der Waals surface area contributed by atoms with Gasteiger partial charge in [0.25, 0.3) is 0 Å². The van der Waals surface area contributed by atoms with Gasteiger partial charge in [0.2, 0.25) is 5.91 Å². The Hall–Kier alpha value is -1.29. The van der Waals surface area contributed by atoms with Gasteiger partial charge in [0.15, 0.2) is 0 Å². The Morgan fingerprint density at radius 1 is 1.22 bits per heavy atom. The van der Waals surface area contributed by atoms with E-state index in [1.807, 2.05) is 12.1 Å². The monoisotopic (exact) mass is 508 g/mol. The van der Waals surface area contributed by atoms with Gasteiger partial charge >= 0.3 is 6.09 Å². The van der Waals surface area contributed by atoms with Crippen molar-refractivity contribution in [2.24, 2.45) is 0 Å². The van der Waals surface area contributed by atoms with E-state index in [1.54, 1.807) is 20.8 Å². The maximum absolute atomic E-state index is 12.0. The van der Waals surface area contributed by atoms with Crippen LogP contribution in [0.25, 0.3) is 0 Å². The minimum atomic E-state index is -0.589. The third kappa shape index (κ3) is 8.50. The van der Waals surface area contributed by atoms with Gasteiger partial charge in [-0.3, -0.25) is 4.79 Å². The molecule has 1 aliphatic rings. The number of anilines is 1. The molecule has 0 radical (unpaired) electrons. The molecule has 0 saturated heterocycles. The molecule has 27 heavy (non-hydrogen) atoms. The van der Waals surface area contributed by atoms with Gasteiger partial charge in [0, 0.05) is 15.7 Å². The summed E-state index contributed by atoms with van der Waals surface area (Å²) in [5.41, 5.74) is -0.582. The van der Waals surface area contributed by atoms with Gasteiger partial charge in [0.05, 0.1) is 0 Å². The van der Waals surface area contributed by atoms with Crippen molar-refractivity contribution in [2.75, 3.05) is 11.9 Å². The molecule has 0 unspecified atom stereocenters. The molecule has 1 saturated carbocycles. The van der Waals surface area contributed by atoms with Crippen molar-refractivity contribution in [3.8, 4) is 0 Å². The van der Waals surface area contributed by atoms with E-state index in [0.717, 1.165) is 35.1 Å². The highest BCUT2D eigenvalue weighted by Gasteiger charge is 2.23. The van der Waals surface area contributed by atoms with E-state index in [2.05, 4.69) is 43.5 Å². The summed E-state index contributed by atoms with van der Waals surface area (Å²) >= 11 is 8.20. The van der Waals surface area contributed by atoms with Crippen LogP contribution in [0.15, 0.2) is 12.1 Å². The van der Waals surface area contributed by atoms with E-state index >= 15 is 0 Å². The first kappa shape index (κ1) is 22.0. The molecule has 150 valence electrons. The summed E-state index contributed by atoms with van der Waals surface area (Å²) in [4.78, 5) is 27.9. The Morgan fingerprint density at radius 2 is 1.85 bits per heavy atom. The van der Waals surface area contributed by atoms with Crippen LogP contribution in [0.2, 0.25) is 5.15 Å². The van der Waals surface area contributed by atoms with Gasteiger partial charge in [-0.05, 0) is 81.2 Å². The highest BCUT2D eigenvalue weighted by atomic mass is 127. The van der Waals surface area contributed by atoms with Crippen molar-refractivity contribution in [1.82, 2.24) is 15.6 Å². The number of pyridine rings is 1. The summed E-state index contributed by atoms with van der Waals surface area (Å²) in [6.45, 7) is 5.24. The average molecular weight is 509 g/mol. The van der Waals surface area contributed by atoms with Gasteiger partial charge in [0.1, 0.15) is 23.1 Å². The lowest BCUT2D eigenvalue weighted by molar-refractivity contribution is -0.121. The Labute approximate surface area is 178 Å². The summed E-state index contributed by atoms with van der Waals surface area (Å²) in [6.07, 6.45) is 3.00. The van der Waals surface area contributed by atoms with Gasteiger partial charge in [-0.2, -0.15) is 0 Å². The fourth-order valence-electron chi connectivity index (χ4n) is 2.88. The second-order valence-corrected chi connectivity index (χ2v) is 9.24. The zero-order valence-corrected chi connectivity index (χ0v) is 18.7. The van der Waals surface area contributed by atoms with E-state index in [-0.39, 0.29) is 18.5 Å². The molecule has 0 aliphatic heterocycles. The molecule has 9 heteroatoms. The molecule has 2 rings (SSSR count). The lowest BCUT2D eigenvalue weighted by Gasteiger charge is -2.30. The molecule has 1 heterocycles. The van der Waals surface area contributed by atoms with E-state index in [9.17, 15) is 9.59 Å². The summed E-state index contributed by atoms with van der Waals surface area (Å²) in [5.74, 6) is 0.573. The first-order valence-electron chi connectivity index (χ1n) is 8.96. The van der Waals surface area contributed by atoms with E-state index in [4.69, 9.17) is 16.3 Å². The first-order chi connectivity index (χ1) is 12.6. The molecule has 0 spiro atoms. The zero-order valence-electron chi connectivity index (χ0n) is 15.8. The minimum absolute atomic E-state index is 0.0854. The number of rotatable bonds is 5. The van der Waals surface area contributed by atoms with Crippen molar-refractivity contribution in [3.63, 3.8) is 0 Å². The first-order valence-corrected chi connectivity index (χ1v) is 10.4. The largest absolute Gasteiger partial charge is 0.444 e. The van der Waals surface area contributed by atoms with E-state index in [0.29, 0.717) is 11.2 Å². The Balaban J connectivity index is 1.69. The second kappa shape index (κ2) is 9.77. The van der Waals surface area contributed by atoms with E-state index < -0.39 is 11.7 Å². The minimum Gasteiger partial charge on any atom is -0.444 e. The lowest BCUT2D eigenvalue weighted by atomic mass is 9.91. The smallest absolute Gasteiger partial charge is 0.408 e. The highest BCUT2D eigenvalue weighted by molar-refractivity contribution is 14.1. The Bertz CT molecular complexity index is 653. The fraction of sp³-hybridized carbons (Fsp3) is 0.611. The van der Waals surface area contributed by atoms with Crippen LogP contribution in [0.5, 0.6) is 0 Å². The number of nitrogens with one attached hydrogen (secondary N) is 3. The predicted octanol–water partition coefficient (Wildman–Crippen LogP) is 3.70. The molecule has 7 nitrogen and oxygen atoms in total. The third-order valence-electron chi connectivity index (χ3n) is 4.00. The molecular weight excluding hydrogens is 483 g/mol. The predicted molar refractivity (Wildman–Crippen MR) is 114 cm³/mol. The molecule has 1 aromatic heterocycles. The maximum Gasteiger partial charge on any atom is 0.408 e. The summed E-state index contributed by atoms with van der Waals surface area (Å²) in [7, 11) is 0. The quantitative estimate of drug-likeness (QED) is 0.417. The normalized spacial score (nSPS) is 19.9. The van der Waals surface area contributed by atoms with Gasteiger partial charge < -0.3 is 20.7 Å². The molecule has 2 amide bonds. The second-order valence-electron chi connectivity index (χ2n) is 7.61. The number of hydrogen-bond acceptors (Lipinski definition) is 5. The van der Waals surface area contributed by atoms with Crippen molar-refractivity contribution in [2.45, 2.75) is 64.1 Å². The highest BCUT2D eigenvalue weighted by Crippen LogP contribution is 2.23. The molecule has 1 aliphatic carbocycles. The fourth-order valence-corrected chi connectivity index (χ4v) is 3.86. The number of hydrogen-bond donors (Lipinski definition) is 3. The number of aromatic nitrogens is 1. The molecule has 1 fully saturated rings. The van der Waals surface area contributed by atoms with Crippen LogP contribution in [0.1, 0.15) is 46.5 Å². The van der Waals surface area contributed by atoms with Gasteiger partial charge in [-0.15, -0.1) is 0 Å². The molecule has 0 atom stereocenters. The maximum atomic E-state index is 12.0. The van der Waals surface area contributed by atoms with Gasteiger partial charge in [-0.25, -0.2) is 9.78 Å². The van der Waals surface area contributed by atoms with E-state index in [1.165, 1.54) is 0 Å². The van der Waals surface area contributed by atoms with Crippen molar-refractivity contribution in [3.05, 3.63) is 20.9 Å². The van der Waals surface area contributed by atoms with Crippen LogP contribution in [0.4, 0.5) is 10.6 Å². The topological polar surface area (TPSA) is 92.3 Å². The van der Waals surface area contributed by atoms with Crippen molar-refractivity contribution < 1.29 is 14.3 Å². The van der Waals surface area contributed by atoms with Crippen LogP contribution in [0, 0.1) is 3.57 Å². The van der Waals surface area contributed by atoms with Crippen LogP contribution in [-0.2, 0) is 9.53 Å². The standard InChI is InChI=1S/C18H26ClIN4O3/c1-18(2,3)27-17(26)21-10-16(25)23-13-6-4-12(5-7-13)22-15-9-11(20)8-14(19)24-15/h8-9,12-13H,4-7,10H2,1-3H3,(H,21,26)(H,22,24)(H,23,25)/t12-,13-. The molecule has 1 aromatic rings. The summed E-state index contributed by atoms with van der Waals surface area (Å²) in [6, 6.07) is 4.19. The van der Waals surface area contributed by atoms with Crippen LogP contribution >= 0.6 is 34.2 Å². The van der Waals surface area contributed by atoms with Crippen LogP contribution in [-0.4, -0.2) is 41.2 Å². The number of nitrogens with zero attached hydrogens (tertiary/aromatic N) is 1. The zero-order chi connectivity index (χ0) is 20.0. The van der Waals surface area contributed by atoms with Gasteiger partial charge in [-0.1, -0.05) is 11.6 Å². The number of carbonyl (C=O) groups is 2. The SMILES string of the molecule is CC(C)(C)OC(=O)NCC(=O)N[C@H]1CC[C@H](Nc2cc(I)cc(Cl)n2)CC1. The molecular formula is C18H26ClIN4O3. The Kier molecular flexibility index (Phi) is 7.96. The van der Waals surface area contributed by atoms with Crippen molar-refractivity contribution >= 4 is 52.0 Å². The number of amides is 2. The third-order valence-corrected chi connectivity index (χ3v) is 4.81. The summed E-state index contributed by atoms with van der Waals surface area (Å²) < 4.78 is 6.15. The number of ether oxygens (including phenoxy) is 1. The summed E-state index contributed by atoms with van der Waals surface area (Å²) in [5, 5.41) is 9.32. The molecule has 0 bridgehead atoms. The lowest BCUT2D eigenvalue weighted by Crippen LogP contribution is -2.45. The van der Waals surface area contributed by atoms with Crippen LogP contribution in [0.3, 0.4) is 0 Å². The Morgan fingerprint density at radius 3 is 2.44 bits per heavy atom. The molecule has 0 aromatic carbocycles.